The molecule has 0 bridgehead atoms. The quantitative estimate of drug-likeness (QED) is 0.834. The van der Waals surface area contributed by atoms with E-state index in [0.29, 0.717) is 13.2 Å². The summed E-state index contributed by atoms with van der Waals surface area (Å²) in [6, 6.07) is 6.74. The highest BCUT2D eigenvalue weighted by Crippen LogP contribution is 2.26. The molecule has 0 spiro atoms. The number of nitrogens with one attached hydrogen (secondary N) is 1. The van der Waals surface area contributed by atoms with Gasteiger partial charge in [0.1, 0.15) is 5.69 Å². The molecule has 1 aromatic heterocycles. The smallest absolute Gasteiger partial charge is 0.319 e. The Bertz CT molecular complexity index is 778. The summed E-state index contributed by atoms with van der Waals surface area (Å²) in [5.41, 5.74) is 1.01. The number of nitrogens with zero attached hydrogens (tertiary/aromatic N) is 2. The molecule has 0 saturated heterocycles. The molecule has 0 unspecified atom stereocenters. The van der Waals surface area contributed by atoms with E-state index in [2.05, 4.69) is 14.7 Å². The van der Waals surface area contributed by atoms with Gasteiger partial charge < -0.3 is 9.47 Å². The molecule has 1 N–H and O–H groups in total. The van der Waals surface area contributed by atoms with Crippen molar-refractivity contribution in [3.05, 3.63) is 36.0 Å². The first-order chi connectivity index (χ1) is 11.0. The van der Waals surface area contributed by atoms with E-state index in [1.807, 2.05) is 13.0 Å². The molecule has 0 amide bonds. The average molecular weight is 337 g/mol. The van der Waals surface area contributed by atoms with Crippen LogP contribution in [-0.2, 0) is 10.0 Å². The second-order valence-electron chi connectivity index (χ2n) is 4.66. The lowest BCUT2D eigenvalue weighted by molar-refractivity contribution is 0.290. The fourth-order valence-corrected chi connectivity index (χ4v) is 3.00. The van der Waals surface area contributed by atoms with E-state index in [1.54, 1.807) is 26.0 Å². The highest BCUT2D eigenvalue weighted by Gasteiger charge is 2.18. The summed E-state index contributed by atoms with van der Waals surface area (Å²) in [4.78, 5) is 8.19. The third kappa shape index (κ3) is 4.32. The predicted molar refractivity (Wildman–Crippen MR) is 86.4 cm³/mol. The normalized spacial score (nSPS) is 11.1. The lowest BCUT2D eigenvalue weighted by Gasteiger charge is -2.12. The summed E-state index contributed by atoms with van der Waals surface area (Å²) in [5.74, 6) is 0.127. The van der Waals surface area contributed by atoms with Crippen LogP contribution in [0.4, 0.5) is 5.69 Å². The van der Waals surface area contributed by atoms with Crippen LogP contribution in [-0.4, -0.2) is 31.6 Å². The largest absolute Gasteiger partial charge is 0.476 e. The van der Waals surface area contributed by atoms with Crippen LogP contribution in [0, 0.1) is 6.92 Å². The Morgan fingerprint density at radius 2 is 1.91 bits per heavy atom. The SMILES string of the molecule is CCOc1ncc(NS(=O)(=O)c2cccc(C)c2)c(OCC)n1. The Balaban J connectivity index is 2.34. The van der Waals surface area contributed by atoms with Crippen LogP contribution in [0.25, 0.3) is 0 Å². The Labute approximate surface area is 135 Å². The summed E-state index contributed by atoms with van der Waals surface area (Å²) >= 11 is 0. The monoisotopic (exact) mass is 337 g/mol. The summed E-state index contributed by atoms with van der Waals surface area (Å²) < 4.78 is 38.0. The molecule has 7 nitrogen and oxygen atoms in total. The van der Waals surface area contributed by atoms with Gasteiger partial charge in [0.25, 0.3) is 10.0 Å². The van der Waals surface area contributed by atoms with E-state index in [0.717, 1.165) is 5.56 Å². The van der Waals surface area contributed by atoms with E-state index >= 15 is 0 Å². The van der Waals surface area contributed by atoms with Gasteiger partial charge in [0.15, 0.2) is 0 Å². The van der Waals surface area contributed by atoms with Crippen molar-refractivity contribution in [1.29, 1.82) is 0 Å². The fourth-order valence-electron chi connectivity index (χ4n) is 1.85. The third-order valence-electron chi connectivity index (χ3n) is 2.83. The topological polar surface area (TPSA) is 90.4 Å². The summed E-state index contributed by atoms with van der Waals surface area (Å²) in [6.07, 6.45) is 1.33. The molecule has 1 heterocycles. The first-order valence-electron chi connectivity index (χ1n) is 7.18. The van der Waals surface area contributed by atoms with Gasteiger partial charge in [-0.2, -0.15) is 4.98 Å². The van der Waals surface area contributed by atoms with Crippen LogP contribution in [0.5, 0.6) is 11.9 Å². The highest BCUT2D eigenvalue weighted by molar-refractivity contribution is 7.92. The van der Waals surface area contributed by atoms with Crippen LogP contribution < -0.4 is 14.2 Å². The molecular formula is C15H19N3O4S. The number of rotatable bonds is 7. The Morgan fingerprint density at radius 3 is 2.57 bits per heavy atom. The van der Waals surface area contributed by atoms with E-state index in [-0.39, 0.29) is 22.5 Å². The molecule has 0 aliphatic rings. The molecular weight excluding hydrogens is 318 g/mol. The first kappa shape index (κ1) is 17.0. The van der Waals surface area contributed by atoms with Crippen LogP contribution in [0.1, 0.15) is 19.4 Å². The van der Waals surface area contributed by atoms with Gasteiger partial charge in [-0.15, -0.1) is 0 Å². The van der Waals surface area contributed by atoms with Gasteiger partial charge in [-0.3, -0.25) is 4.72 Å². The van der Waals surface area contributed by atoms with E-state index < -0.39 is 10.0 Å². The zero-order chi connectivity index (χ0) is 16.9. The molecule has 23 heavy (non-hydrogen) atoms. The van der Waals surface area contributed by atoms with Gasteiger partial charge in [-0.05, 0) is 38.5 Å². The van der Waals surface area contributed by atoms with Gasteiger partial charge in [0.2, 0.25) is 5.88 Å². The van der Waals surface area contributed by atoms with Crippen molar-refractivity contribution in [2.75, 3.05) is 17.9 Å². The predicted octanol–water partition coefficient (Wildman–Crippen LogP) is 2.38. The maximum absolute atomic E-state index is 12.5. The highest BCUT2D eigenvalue weighted by atomic mass is 32.2. The number of benzene rings is 1. The standard InChI is InChI=1S/C15H19N3O4S/c1-4-21-14-13(10-16-15(17-14)22-5-2)18-23(19,20)12-8-6-7-11(3)9-12/h6-10,18H,4-5H2,1-3H3. The summed E-state index contributed by atoms with van der Waals surface area (Å²) in [5, 5.41) is 0. The zero-order valence-electron chi connectivity index (χ0n) is 13.2. The number of hydrogen-bond acceptors (Lipinski definition) is 6. The third-order valence-corrected chi connectivity index (χ3v) is 4.19. The molecule has 0 aliphatic heterocycles. The second-order valence-corrected chi connectivity index (χ2v) is 6.34. The molecule has 0 saturated carbocycles. The number of sulfonamides is 1. The fraction of sp³-hybridized carbons (Fsp3) is 0.333. The molecule has 0 atom stereocenters. The van der Waals surface area contributed by atoms with Crippen LogP contribution >= 0.6 is 0 Å². The molecule has 0 radical (unpaired) electrons. The summed E-state index contributed by atoms with van der Waals surface area (Å²) in [6.45, 7) is 6.14. The minimum atomic E-state index is -3.75. The maximum atomic E-state index is 12.5. The van der Waals surface area contributed by atoms with Crippen molar-refractivity contribution in [3.63, 3.8) is 0 Å². The second kappa shape index (κ2) is 7.28. The van der Waals surface area contributed by atoms with E-state index in [9.17, 15) is 8.42 Å². The Kier molecular flexibility index (Phi) is 5.38. The lowest BCUT2D eigenvalue weighted by Crippen LogP contribution is -2.15. The number of anilines is 1. The Morgan fingerprint density at radius 1 is 1.17 bits per heavy atom. The summed E-state index contributed by atoms with van der Waals surface area (Å²) in [7, 11) is -3.75. The van der Waals surface area contributed by atoms with Gasteiger partial charge >= 0.3 is 6.01 Å². The molecule has 124 valence electrons. The molecule has 2 rings (SSSR count). The lowest BCUT2D eigenvalue weighted by atomic mass is 10.2. The minimum Gasteiger partial charge on any atom is -0.476 e. The van der Waals surface area contributed by atoms with Crippen molar-refractivity contribution >= 4 is 15.7 Å². The van der Waals surface area contributed by atoms with Gasteiger partial charge in [-0.1, -0.05) is 12.1 Å². The maximum Gasteiger partial charge on any atom is 0.319 e. The average Bonchev–Trinajstić information content (AvgIpc) is 2.50. The molecule has 0 aliphatic carbocycles. The van der Waals surface area contributed by atoms with E-state index in [1.165, 1.54) is 12.3 Å². The van der Waals surface area contributed by atoms with Crippen molar-refractivity contribution in [3.8, 4) is 11.9 Å². The van der Waals surface area contributed by atoms with Gasteiger partial charge in [0, 0.05) is 0 Å². The van der Waals surface area contributed by atoms with Crippen LogP contribution in [0.3, 0.4) is 0 Å². The van der Waals surface area contributed by atoms with Crippen molar-refractivity contribution in [1.82, 2.24) is 9.97 Å². The van der Waals surface area contributed by atoms with Crippen molar-refractivity contribution in [2.45, 2.75) is 25.7 Å². The molecule has 0 fully saturated rings. The number of hydrogen-bond donors (Lipinski definition) is 1. The number of aryl methyl sites for hydroxylation is 1. The molecule has 2 aromatic rings. The van der Waals surface area contributed by atoms with Crippen LogP contribution in [0.15, 0.2) is 35.4 Å². The van der Waals surface area contributed by atoms with Gasteiger partial charge in [0.05, 0.1) is 24.3 Å². The van der Waals surface area contributed by atoms with Gasteiger partial charge in [-0.25, -0.2) is 13.4 Å². The van der Waals surface area contributed by atoms with E-state index in [4.69, 9.17) is 9.47 Å². The molecule has 8 heteroatoms. The van der Waals surface area contributed by atoms with Crippen LogP contribution in [0.2, 0.25) is 0 Å². The Hall–Kier alpha value is -2.35. The van der Waals surface area contributed by atoms with Crippen molar-refractivity contribution in [2.24, 2.45) is 0 Å². The minimum absolute atomic E-state index is 0.127. The number of aromatic nitrogens is 2. The molecule has 1 aromatic carbocycles. The number of ether oxygens (including phenoxy) is 2. The van der Waals surface area contributed by atoms with Crippen molar-refractivity contribution < 1.29 is 17.9 Å². The zero-order valence-corrected chi connectivity index (χ0v) is 14.1. The first-order valence-corrected chi connectivity index (χ1v) is 8.66.